The molecule has 1 aliphatic carbocycles. The summed E-state index contributed by atoms with van der Waals surface area (Å²) < 4.78 is 7.09. The van der Waals surface area contributed by atoms with Crippen LogP contribution in [0, 0.1) is 11.8 Å². The molecule has 1 saturated carbocycles. The summed E-state index contributed by atoms with van der Waals surface area (Å²) in [4.78, 5) is 2.69. The van der Waals surface area contributed by atoms with Crippen LogP contribution < -0.4 is 10.5 Å². The summed E-state index contributed by atoms with van der Waals surface area (Å²) in [5.74, 6) is 2.70. The largest absolute Gasteiger partial charge is 0.491 e. The fourth-order valence-corrected chi connectivity index (χ4v) is 5.03. The van der Waals surface area contributed by atoms with Gasteiger partial charge in [0.05, 0.1) is 6.10 Å². The Hall–Kier alpha value is -0.580. The van der Waals surface area contributed by atoms with Gasteiger partial charge in [0.1, 0.15) is 5.75 Å². The Kier molecular flexibility index (Phi) is 8.04. The summed E-state index contributed by atoms with van der Waals surface area (Å²) in [5, 5.41) is 0. The molecule has 1 aromatic rings. The standard InChI is InChI=1S/C23H37BrN2O/c1-17(2)27-22-7-8-23(24)20(16-22)15-19-10-13-26(14-11-19)12-9-18-3-5-21(25)6-4-18/h7-8,16-19,21H,3-6,9-15,25H2,1-2H3/t18-,21-. The lowest BCUT2D eigenvalue weighted by molar-refractivity contribution is 0.165. The highest BCUT2D eigenvalue weighted by Gasteiger charge is 2.23. The van der Waals surface area contributed by atoms with Gasteiger partial charge in [-0.25, -0.2) is 0 Å². The van der Waals surface area contributed by atoms with Gasteiger partial charge in [0.15, 0.2) is 0 Å². The number of benzene rings is 1. The molecule has 0 unspecified atom stereocenters. The number of nitrogens with two attached hydrogens (primary N) is 1. The van der Waals surface area contributed by atoms with Crippen LogP contribution >= 0.6 is 15.9 Å². The van der Waals surface area contributed by atoms with Crippen molar-refractivity contribution in [1.29, 1.82) is 0 Å². The third kappa shape index (κ3) is 6.76. The lowest BCUT2D eigenvalue weighted by Crippen LogP contribution is -2.36. The third-order valence-electron chi connectivity index (χ3n) is 6.35. The van der Waals surface area contributed by atoms with Crippen LogP contribution in [0.2, 0.25) is 0 Å². The number of piperidine rings is 1. The number of nitrogens with zero attached hydrogens (tertiary/aromatic N) is 1. The molecule has 3 nitrogen and oxygen atoms in total. The molecule has 0 aromatic heterocycles. The molecule has 1 heterocycles. The predicted molar refractivity (Wildman–Crippen MR) is 117 cm³/mol. The molecular formula is C23H37BrN2O. The van der Waals surface area contributed by atoms with Crippen molar-refractivity contribution in [3.05, 3.63) is 28.2 Å². The highest BCUT2D eigenvalue weighted by Crippen LogP contribution is 2.30. The summed E-state index contributed by atoms with van der Waals surface area (Å²) in [6.07, 6.45) is 10.6. The molecule has 0 bridgehead atoms. The summed E-state index contributed by atoms with van der Waals surface area (Å²) in [6, 6.07) is 6.90. The number of rotatable bonds is 7. The molecule has 3 rings (SSSR count). The minimum atomic E-state index is 0.224. The third-order valence-corrected chi connectivity index (χ3v) is 7.12. The summed E-state index contributed by atoms with van der Waals surface area (Å²) in [5.41, 5.74) is 7.43. The van der Waals surface area contributed by atoms with Gasteiger partial charge in [0.2, 0.25) is 0 Å². The van der Waals surface area contributed by atoms with E-state index in [9.17, 15) is 0 Å². The van der Waals surface area contributed by atoms with Crippen LogP contribution in [0.25, 0.3) is 0 Å². The molecule has 1 aliphatic heterocycles. The second-order valence-electron chi connectivity index (χ2n) is 8.98. The zero-order valence-electron chi connectivity index (χ0n) is 17.1. The normalized spacial score (nSPS) is 25.1. The van der Waals surface area contributed by atoms with Crippen molar-refractivity contribution in [3.63, 3.8) is 0 Å². The topological polar surface area (TPSA) is 38.5 Å². The summed E-state index contributed by atoms with van der Waals surface area (Å²) >= 11 is 3.73. The van der Waals surface area contributed by atoms with Crippen LogP contribution in [0.4, 0.5) is 0 Å². The number of hydrogen-bond acceptors (Lipinski definition) is 3. The van der Waals surface area contributed by atoms with Gasteiger partial charge in [-0.15, -0.1) is 0 Å². The molecule has 1 aromatic carbocycles. The lowest BCUT2D eigenvalue weighted by atomic mass is 9.84. The average molecular weight is 437 g/mol. The molecule has 0 atom stereocenters. The van der Waals surface area contributed by atoms with Crippen LogP contribution in [-0.2, 0) is 6.42 Å². The molecular weight excluding hydrogens is 400 g/mol. The van der Waals surface area contributed by atoms with E-state index in [2.05, 4.69) is 52.9 Å². The van der Waals surface area contributed by atoms with E-state index in [0.717, 1.165) is 24.0 Å². The van der Waals surface area contributed by atoms with Crippen molar-refractivity contribution >= 4 is 15.9 Å². The Morgan fingerprint density at radius 3 is 2.44 bits per heavy atom. The van der Waals surface area contributed by atoms with Gasteiger partial charge >= 0.3 is 0 Å². The zero-order chi connectivity index (χ0) is 19.2. The van der Waals surface area contributed by atoms with Gasteiger partial charge in [0.25, 0.3) is 0 Å². The molecule has 0 radical (unpaired) electrons. The van der Waals surface area contributed by atoms with Crippen molar-refractivity contribution in [2.45, 2.75) is 77.4 Å². The van der Waals surface area contributed by atoms with Gasteiger partial charge in [-0.05, 0) is 120 Å². The second-order valence-corrected chi connectivity index (χ2v) is 9.83. The maximum Gasteiger partial charge on any atom is 0.120 e. The van der Waals surface area contributed by atoms with Crippen LogP contribution in [0.1, 0.15) is 64.4 Å². The fraction of sp³-hybridized carbons (Fsp3) is 0.739. The van der Waals surface area contributed by atoms with Crippen molar-refractivity contribution in [1.82, 2.24) is 4.90 Å². The first kappa shape index (κ1) is 21.1. The molecule has 27 heavy (non-hydrogen) atoms. The molecule has 4 heteroatoms. The van der Waals surface area contributed by atoms with E-state index in [0.29, 0.717) is 6.04 Å². The SMILES string of the molecule is CC(C)Oc1ccc(Br)c(CC2CCN(CC[C@H]3CC[C@H](N)CC3)CC2)c1. The van der Waals surface area contributed by atoms with E-state index < -0.39 is 0 Å². The average Bonchev–Trinajstić information content (AvgIpc) is 2.65. The summed E-state index contributed by atoms with van der Waals surface area (Å²) in [7, 11) is 0. The van der Waals surface area contributed by atoms with Crippen molar-refractivity contribution < 1.29 is 4.74 Å². The zero-order valence-corrected chi connectivity index (χ0v) is 18.7. The van der Waals surface area contributed by atoms with E-state index in [1.165, 1.54) is 74.6 Å². The van der Waals surface area contributed by atoms with Crippen LogP contribution in [0.15, 0.2) is 22.7 Å². The van der Waals surface area contributed by atoms with Crippen molar-refractivity contribution in [3.8, 4) is 5.75 Å². The number of ether oxygens (including phenoxy) is 1. The first-order valence-corrected chi connectivity index (χ1v) is 11.7. The van der Waals surface area contributed by atoms with Crippen LogP contribution in [-0.4, -0.2) is 36.7 Å². The number of halogens is 1. The Balaban J connectivity index is 1.41. The first-order chi connectivity index (χ1) is 13.0. The highest BCUT2D eigenvalue weighted by molar-refractivity contribution is 9.10. The first-order valence-electron chi connectivity index (χ1n) is 10.9. The molecule has 2 aliphatic rings. The molecule has 1 saturated heterocycles. The van der Waals surface area contributed by atoms with Gasteiger partial charge in [0, 0.05) is 10.5 Å². The highest BCUT2D eigenvalue weighted by atomic mass is 79.9. The smallest absolute Gasteiger partial charge is 0.120 e. The Bertz CT molecular complexity index is 576. The molecule has 0 spiro atoms. The van der Waals surface area contributed by atoms with E-state index in [-0.39, 0.29) is 6.10 Å². The quantitative estimate of drug-likeness (QED) is 0.621. The maximum absolute atomic E-state index is 6.04. The predicted octanol–water partition coefficient (Wildman–Crippen LogP) is 5.40. The van der Waals surface area contributed by atoms with Crippen molar-refractivity contribution in [2.75, 3.05) is 19.6 Å². The van der Waals surface area contributed by atoms with Gasteiger partial charge in [-0.1, -0.05) is 15.9 Å². The van der Waals surface area contributed by atoms with Crippen molar-refractivity contribution in [2.24, 2.45) is 17.6 Å². The monoisotopic (exact) mass is 436 g/mol. The van der Waals surface area contributed by atoms with Crippen LogP contribution in [0.5, 0.6) is 5.75 Å². The second kappa shape index (κ2) is 10.3. The lowest BCUT2D eigenvalue weighted by Gasteiger charge is -2.34. The van der Waals surface area contributed by atoms with E-state index in [1.807, 2.05) is 0 Å². The van der Waals surface area contributed by atoms with Crippen LogP contribution in [0.3, 0.4) is 0 Å². The molecule has 2 N–H and O–H groups in total. The van der Waals surface area contributed by atoms with E-state index >= 15 is 0 Å². The fourth-order valence-electron chi connectivity index (χ4n) is 4.62. The molecule has 152 valence electrons. The Labute approximate surface area is 174 Å². The van der Waals surface area contributed by atoms with E-state index in [4.69, 9.17) is 10.5 Å². The van der Waals surface area contributed by atoms with E-state index in [1.54, 1.807) is 0 Å². The Morgan fingerprint density at radius 2 is 1.78 bits per heavy atom. The molecule has 2 fully saturated rings. The Morgan fingerprint density at radius 1 is 1.07 bits per heavy atom. The van der Waals surface area contributed by atoms with Gasteiger partial charge < -0.3 is 15.4 Å². The summed E-state index contributed by atoms with van der Waals surface area (Å²) in [6.45, 7) is 7.97. The minimum Gasteiger partial charge on any atom is -0.491 e. The minimum absolute atomic E-state index is 0.224. The number of likely N-dealkylation sites (tertiary alicyclic amines) is 1. The number of hydrogen-bond donors (Lipinski definition) is 1. The van der Waals surface area contributed by atoms with Gasteiger partial charge in [-0.3, -0.25) is 0 Å². The molecule has 0 amide bonds. The van der Waals surface area contributed by atoms with Gasteiger partial charge in [-0.2, -0.15) is 0 Å². The maximum atomic E-state index is 6.04.